The Bertz CT molecular complexity index is 1220. The Labute approximate surface area is 187 Å². The lowest BCUT2D eigenvalue weighted by molar-refractivity contribution is -0.126. The number of hydrogen-bond acceptors (Lipinski definition) is 6. The van der Waals surface area contributed by atoms with Gasteiger partial charge in [0.15, 0.2) is 0 Å². The lowest BCUT2D eigenvalue weighted by Gasteiger charge is -2.16. The van der Waals surface area contributed by atoms with Crippen LogP contribution in [-0.2, 0) is 16.1 Å². The molecule has 1 saturated heterocycles. The van der Waals surface area contributed by atoms with E-state index in [4.69, 9.17) is 0 Å². The Morgan fingerprint density at radius 3 is 2.62 bits per heavy atom. The van der Waals surface area contributed by atoms with Crippen molar-refractivity contribution >= 4 is 28.8 Å². The summed E-state index contributed by atoms with van der Waals surface area (Å²) in [7, 11) is 0. The zero-order valence-electron chi connectivity index (χ0n) is 17.7. The van der Waals surface area contributed by atoms with Crippen molar-refractivity contribution in [3.63, 3.8) is 0 Å². The van der Waals surface area contributed by atoms with Crippen LogP contribution in [0, 0.1) is 25.6 Å². The number of benzene rings is 1. The normalized spacial score (nSPS) is 15.9. The summed E-state index contributed by atoms with van der Waals surface area (Å²) >= 11 is 1.51. The van der Waals surface area contributed by atoms with Crippen LogP contribution in [0.1, 0.15) is 17.1 Å². The number of carbonyl (C=O) groups excluding carboxylic acids is 2. The number of nitrogens with one attached hydrogen (secondary N) is 1. The maximum Gasteiger partial charge on any atom is 0.266 e. The molecule has 1 atom stereocenters. The average Bonchev–Trinajstić information content (AvgIpc) is 3.31. The number of aromatic nitrogens is 3. The first-order chi connectivity index (χ1) is 15.3. The van der Waals surface area contributed by atoms with Crippen LogP contribution >= 0.6 is 11.3 Å². The summed E-state index contributed by atoms with van der Waals surface area (Å²) < 4.78 is 14.4. The van der Waals surface area contributed by atoms with Gasteiger partial charge in [0, 0.05) is 31.3 Å². The summed E-state index contributed by atoms with van der Waals surface area (Å²) in [6, 6.07) is 8.73. The molecule has 10 heteroatoms. The zero-order valence-corrected chi connectivity index (χ0v) is 18.5. The molecule has 1 unspecified atom stereocenters. The van der Waals surface area contributed by atoms with Crippen LogP contribution in [0.2, 0.25) is 0 Å². The summed E-state index contributed by atoms with van der Waals surface area (Å²) in [6.07, 6.45) is 0.0842. The molecular formula is C22H22FN5O3S. The van der Waals surface area contributed by atoms with Crippen molar-refractivity contribution in [1.29, 1.82) is 0 Å². The number of halogens is 1. The van der Waals surface area contributed by atoms with Gasteiger partial charge >= 0.3 is 0 Å². The lowest BCUT2D eigenvalue weighted by Crippen LogP contribution is -2.36. The van der Waals surface area contributed by atoms with Crippen LogP contribution in [-0.4, -0.2) is 39.7 Å². The Hall–Kier alpha value is -3.40. The lowest BCUT2D eigenvalue weighted by atomic mass is 10.1. The van der Waals surface area contributed by atoms with Crippen molar-refractivity contribution in [3.8, 4) is 10.6 Å². The number of aryl methyl sites for hydroxylation is 2. The second-order valence-corrected chi connectivity index (χ2v) is 8.80. The first-order valence-electron chi connectivity index (χ1n) is 10.2. The van der Waals surface area contributed by atoms with Crippen LogP contribution < -0.4 is 15.8 Å². The van der Waals surface area contributed by atoms with Crippen molar-refractivity contribution in [2.75, 3.05) is 18.0 Å². The first kappa shape index (κ1) is 21.8. The van der Waals surface area contributed by atoms with Crippen molar-refractivity contribution in [1.82, 2.24) is 20.1 Å². The quantitative estimate of drug-likeness (QED) is 0.615. The molecule has 4 rings (SSSR count). The Morgan fingerprint density at radius 2 is 1.94 bits per heavy atom. The fourth-order valence-corrected chi connectivity index (χ4v) is 4.57. The van der Waals surface area contributed by atoms with Crippen molar-refractivity contribution in [2.45, 2.75) is 26.8 Å². The fourth-order valence-electron chi connectivity index (χ4n) is 3.68. The highest BCUT2D eigenvalue weighted by atomic mass is 32.1. The molecule has 0 aliphatic carbocycles. The van der Waals surface area contributed by atoms with Gasteiger partial charge in [-0.05, 0) is 44.2 Å². The molecule has 8 nitrogen and oxygen atoms in total. The minimum absolute atomic E-state index is 0.0842. The minimum Gasteiger partial charge on any atom is -0.354 e. The minimum atomic E-state index is -0.508. The molecule has 3 heterocycles. The molecule has 2 amide bonds. The van der Waals surface area contributed by atoms with Gasteiger partial charge in [0.25, 0.3) is 5.56 Å². The van der Waals surface area contributed by atoms with Gasteiger partial charge in [0.2, 0.25) is 11.8 Å². The van der Waals surface area contributed by atoms with Gasteiger partial charge in [-0.1, -0.05) is 0 Å². The molecule has 166 valence electrons. The third-order valence-corrected chi connectivity index (χ3v) is 6.36. The number of thiazole rings is 1. The zero-order chi connectivity index (χ0) is 22.8. The van der Waals surface area contributed by atoms with Gasteiger partial charge < -0.3 is 10.2 Å². The highest BCUT2D eigenvalue weighted by Gasteiger charge is 2.35. The molecule has 1 aliphatic heterocycles. The van der Waals surface area contributed by atoms with Crippen LogP contribution in [0.3, 0.4) is 0 Å². The number of amides is 2. The van der Waals surface area contributed by atoms with Crippen molar-refractivity contribution in [2.24, 2.45) is 5.92 Å². The predicted molar refractivity (Wildman–Crippen MR) is 119 cm³/mol. The fraction of sp³-hybridized carbons (Fsp3) is 0.318. The van der Waals surface area contributed by atoms with E-state index in [0.717, 1.165) is 15.6 Å². The molecule has 0 spiro atoms. The molecule has 1 aromatic carbocycles. The summed E-state index contributed by atoms with van der Waals surface area (Å²) in [5, 5.41) is 8.12. The third-order valence-electron chi connectivity index (χ3n) is 5.26. The second-order valence-electron chi connectivity index (χ2n) is 7.60. The van der Waals surface area contributed by atoms with Gasteiger partial charge in [-0.2, -0.15) is 5.10 Å². The highest BCUT2D eigenvalue weighted by molar-refractivity contribution is 7.15. The monoisotopic (exact) mass is 455 g/mol. The molecule has 1 aliphatic rings. The van der Waals surface area contributed by atoms with E-state index in [0.29, 0.717) is 11.4 Å². The van der Waals surface area contributed by atoms with E-state index in [1.165, 1.54) is 51.3 Å². The van der Waals surface area contributed by atoms with E-state index in [-0.39, 0.29) is 49.2 Å². The number of anilines is 1. The van der Waals surface area contributed by atoms with E-state index >= 15 is 0 Å². The maximum atomic E-state index is 13.1. The van der Waals surface area contributed by atoms with Gasteiger partial charge in [0.1, 0.15) is 11.5 Å². The number of nitrogens with zero attached hydrogens (tertiary/aromatic N) is 4. The molecule has 0 saturated carbocycles. The summed E-state index contributed by atoms with van der Waals surface area (Å²) in [6.45, 7) is 4.45. The van der Waals surface area contributed by atoms with Crippen LogP contribution in [0.15, 0.2) is 41.2 Å². The smallest absolute Gasteiger partial charge is 0.266 e. The van der Waals surface area contributed by atoms with Gasteiger partial charge in [-0.3, -0.25) is 14.4 Å². The van der Waals surface area contributed by atoms with Gasteiger partial charge in [0.05, 0.1) is 28.0 Å². The average molecular weight is 456 g/mol. The van der Waals surface area contributed by atoms with E-state index in [1.807, 2.05) is 13.8 Å². The summed E-state index contributed by atoms with van der Waals surface area (Å²) in [4.78, 5) is 43.9. The van der Waals surface area contributed by atoms with Crippen LogP contribution in [0.25, 0.3) is 10.6 Å². The number of hydrogen-bond donors (Lipinski definition) is 1. The largest absolute Gasteiger partial charge is 0.354 e. The SMILES string of the molecule is Cc1nc(C)c(-c2ccc(=O)n(CCNC(=O)C3CC(=O)N(c4ccc(F)cc4)C3)n2)s1. The van der Waals surface area contributed by atoms with E-state index < -0.39 is 5.92 Å². The standard InChI is InChI=1S/C22H22FN5O3S/c1-13-21(32-14(2)25-13)18-7-8-19(29)28(26-18)10-9-24-22(31)15-11-20(30)27(12-15)17-5-3-16(23)4-6-17/h3-8,15H,9-12H2,1-2H3,(H,24,31). The molecule has 2 aromatic heterocycles. The predicted octanol–water partition coefficient (Wildman–Crippen LogP) is 2.29. The van der Waals surface area contributed by atoms with Crippen LogP contribution in [0.4, 0.5) is 10.1 Å². The Morgan fingerprint density at radius 1 is 1.19 bits per heavy atom. The number of carbonyl (C=O) groups is 2. The molecule has 1 N–H and O–H groups in total. The van der Waals surface area contributed by atoms with E-state index in [2.05, 4.69) is 15.4 Å². The van der Waals surface area contributed by atoms with Crippen molar-refractivity contribution in [3.05, 3.63) is 63.3 Å². The Balaban J connectivity index is 1.36. The van der Waals surface area contributed by atoms with Crippen LogP contribution in [0.5, 0.6) is 0 Å². The molecule has 0 radical (unpaired) electrons. The third kappa shape index (κ3) is 4.59. The molecule has 0 bridgehead atoms. The molecule has 32 heavy (non-hydrogen) atoms. The van der Waals surface area contributed by atoms with Crippen molar-refractivity contribution < 1.29 is 14.0 Å². The first-order valence-corrected chi connectivity index (χ1v) is 11.0. The maximum absolute atomic E-state index is 13.1. The topological polar surface area (TPSA) is 97.2 Å². The van der Waals surface area contributed by atoms with Gasteiger partial charge in [-0.15, -0.1) is 11.3 Å². The molecular weight excluding hydrogens is 433 g/mol. The highest BCUT2D eigenvalue weighted by Crippen LogP contribution is 2.27. The van der Waals surface area contributed by atoms with E-state index in [9.17, 15) is 18.8 Å². The number of rotatable bonds is 6. The van der Waals surface area contributed by atoms with Gasteiger partial charge in [-0.25, -0.2) is 14.1 Å². The van der Waals surface area contributed by atoms with E-state index in [1.54, 1.807) is 6.07 Å². The molecule has 1 fully saturated rings. The Kier molecular flexibility index (Phi) is 6.13. The second kappa shape index (κ2) is 8.99. The molecule has 3 aromatic rings. The summed E-state index contributed by atoms with van der Waals surface area (Å²) in [5.74, 6) is -1.34. The summed E-state index contributed by atoms with van der Waals surface area (Å²) in [5.41, 5.74) is 1.82.